The molecular weight excluding hydrogens is 374 g/mol. The molecule has 2 atom stereocenters. The number of nitrogens with two attached hydrogens (primary N) is 3. The predicted molar refractivity (Wildman–Crippen MR) is 111 cm³/mol. The fourth-order valence-electron chi connectivity index (χ4n) is 3.17. The van der Waals surface area contributed by atoms with Gasteiger partial charge in [0, 0.05) is 17.5 Å². The van der Waals surface area contributed by atoms with Crippen LogP contribution >= 0.6 is 0 Å². The molecule has 0 radical (unpaired) electrons. The van der Waals surface area contributed by atoms with Crippen LogP contribution in [-0.2, 0) is 20.8 Å². The number of nitrogens with one attached hydrogen (secondary N) is 2. The van der Waals surface area contributed by atoms with Crippen LogP contribution in [0.2, 0.25) is 0 Å². The number of carboxylic acids is 1. The monoisotopic (exact) mass is 407 g/mol. The summed E-state index contributed by atoms with van der Waals surface area (Å²) in [6, 6.07) is 6.25. The largest absolute Gasteiger partial charge is 0.480 e. The molecule has 0 aliphatic heterocycles. The molecule has 2 amide bonds. The molecule has 9 N–H and O–H groups in total. The maximum Gasteiger partial charge on any atom is 0.321 e. The zero-order valence-corrected chi connectivity index (χ0v) is 17.4. The molecule has 0 spiro atoms. The molecule has 0 aromatic heterocycles. The molecule has 29 heavy (non-hydrogen) atoms. The minimum atomic E-state index is -1.35. The number of carboxylic acid groups (broad SMARTS) is 1. The first kappa shape index (κ1) is 24.5. The lowest BCUT2D eigenvalue weighted by Crippen LogP contribution is -2.68. The van der Waals surface area contributed by atoms with E-state index in [1.165, 1.54) is 0 Å². The number of hydrogen-bond donors (Lipinski definition) is 6. The van der Waals surface area contributed by atoms with Crippen molar-refractivity contribution in [1.29, 1.82) is 0 Å². The molecule has 0 aliphatic carbocycles. The van der Waals surface area contributed by atoms with Gasteiger partial charge in [-0.1, -0.05) is 30.3 Å². The Labute approximate surface area is 171 Å². The number of benzene rings is 1. The number of amides is 2. The fourth-order valence-corrected chi connectivity index (χ4v) is 3.17. The van der Waals surface area contributed by atoms with Crippen molar-refractivity contribution >= 4 is 17.8 Å². The number of aliphatic carboxylic acids is 1. The van der Waals surface area contributed by atoms with Gasteiger partial charge in [-0.2, -0.15) is 0 Å². The molecule has 0 bridgehead atoms. The lowest BCUT2D eigenvalue weighted by atomic mass is 9.82. The zero-order chi connectivity index (χ0) is 22.4. The predicted octanol–water partition coefficient (Wildman–Crippen LogP) is -0.525. The highest BCUT2D eigenvalue weighted by Gasteiger charge is 2.38. The Hall–Kier alpha value is -2.49. The van der Waals surface area contributed by atoms with Gasteiger partial charge in [0.25, 0.3) is 0 Å². The second-order valence-corrected chi connectivity index (χ2v) is 8.54. The summed E-state index contributed by atoms with van der Waals surface area (Å²) in [7, 11) is 0. The highest BCUT2D eigenvalue weighted by atomic mass is 16.4. The number of carbonyl (C=O) groups is 3. The van der Waals surface area contributed by atoms with Crippen LogP contribution < -0.4 is 27.8 Å². The topological polar surface area (TPSA) is 174 Å². The number of rotatable bonds is 10. The highest BCUT2D eigenvalue weighted by molar-refractivity contribution is 5.90. The van der Waals surface area contributed by atoms with E-state index in [0.29, 0.717) is 0 Å². The van der Waals surface area contributed by atoms with Gasteiger partial charge in [0.1, 0.15) is 12.1 Å². The first-order chi connectivity index (χ1) is 13.2. The SMILES string of the molecule is CC(C)(N)C(NC(=O)C(Cc1ccccc1)NC(=O)CC(N)C(=O)O)C(C)(C)N. The van der Waals surface area contributed by atoms with Crippen LogP contribution in [0.3, 0.4) is 0 Å². The third-order valence-electron chi connectivity index (χ3n) is 4.43. The van der Waals surface area contributed by atoms with E-state index in [2.05, 4.69) is 10.6 Å². The molecule has 9 nitrogen and oxygen atoms in total. The molecule has 0 saturated heterocycles. The van der Waals surface area contributed by atoms with E-state index in [-0.39, 0.29) is 6.42 Å². The Bertz CT molecular complexity index is 696. The second kappa shape index (κ2) is 9.82. The van der Waals surface area contributed by atoms with Crippen LogP contribution in [0.1, 0.15) is 39.7 Å². The van der Waals surface area contributed by atoms with Crippen molar-refractivity contribution in [3.63, 3.8) is 0 Å². The zero-order valence-electron chi connectivity index (χ0n) is 17.4. The Morgan fingerprint density at radius 3 is 1.97 bits per heavy atom. The van der Waals surface area contributed by atoms with Gasteiger partial charge >= 0.3 is 5.97 Å². The standard InChI is InChI=1S/C20H33N5O4/c1-19(2,22)18(20(3,4)23)25-16(27)14(10-12-8-6-5-7-9-12)24-15(26)11-13(21)17(28)29/h5-9,13-14,18H,10-11,21-23H2,1-4H3,(H,24,26)(H,25,27)(H,28,29). The van der Waals surface area contributed by atoms with Crippen molar-refractivity contribution in [1.82, 2.24) is 10.6 Å². The van der Waals surface area contributed by atoms with E-state index < -0.39 is 53.4 Å². The van der Waals surface area contributed by atoms with Crippen molar-refractivity contribution in [2.75, 3.05) is 0 Å². The van der Waals surface area contributed by atoms with Crippen molar-refractivity contribution in [2.24, 2.45) is 17.2 Å². The van der Waals surface area contributed by atoms with E-state index >= 15 is 0 Å². The van der Waals surface area contributed by atoms with Crippen LogP contribution in [0.15, 0.2) is 30.3 Å². The van der Waals surface area contributed by atoms with Crippen LogP contribution in [0.5, 0.6) is 0 Å². The molecule has 0 heterocycles. The highest BCUT2D eigenvalue weighted by Crippen LogP contribution is 2.17. The molecule has 0 fully saturated rings. The Kier molecular flexibility index (Phi) is 8.31. The van der Waals surface area contributed by atoms with Crippen molar-refractivity contribution in [3.8, 4) is 0 Å². The first-order valence-corrected chi connectivity index (χ1v) is 9.41. The van der Waals surface area contributed by atoms with Gasteiger partial charge in [-0.15, -0.1) is 0 Å². The van der Waals surface area contributed by atoms with Gasteiger partial charge in [0.05, 0.1) is 12.5 Å². The molecule has 162 valence electrons. The maximum absolute atomic E-state index is 13.0. The smallest absolute Gasteiger partial charge is 0.321 e. The molecule has 0 aliphatic rings. The summed E-state index contributed by atoms with van der Waals surface area (Å²) < 4.78 is 0. The summed E-state index contributed by atoms with van der Waals surface area (Å²) in [4.78, 5) is 36.2. The van der Waals surface area contributed by atoms with Gasteiger partial charge in [-0.05, 0) is 33.3 Å². The molecule has 1 aromatic rings. The third-order valence-corrected chi connectivity index (χ3v) is 4.43. The molecular formula is C20H33N5O4. The molecule has 9 heteroatoms. The van der Waals surface area contributed by atoms with Gasteiger partial charge in [-0.25, -0.2) is 0 Å². The normalized spacial score (nSPS) is 14.2. The lowest BCUT2D eigenvalue weighted by Gasteiger charge is -2.41. The Morgan fingerprint density at radius 1 is 1.00 bits per heavy atom. The number of carbonyl (C=O) groups excluding carboxylic acids is 2. The summed E-state index contributed by atoms with van der Waals surface area (Å²) in [5.74, 6) is -2.39. The molecule has 0 saturated carbocycles. The van der Waals surface area contributed by atoms with Gasteiger partial charge < -0.3 is 32.9 Å². The van der Waals surface area contributed by atoms with Crippen LogP contribution in [-0.4, -0.2) is 52.1 Å². The Balaban J connectivity index is 3.04. The van der Waals surface area contributed by atoms with Crippen molar-refractivity contribution in [3.05, 3.63) is 35.9 Å². The van der Waals surface area contributed by atoms with Crippen molar-refractivity contribution < 1.29 is 19.5 Å². The minimum absolute atomic E-state index is 0.212. The van der Waals surface area contributed by atoms with E-state index in [4.69, 9.17) is 22.3 Å². The quantitative estimate of drug-likeness (QED) is 0.302. The summed E-state index contributed by atoms with van der Waals surface area (Å²) in [6.45, 7) is 7.01. The van der Waals surface area contributed by atoms with Gasteiger partial charge in [0.15, 0.2) is 0 Å². The fraction of sp³-hybridized carbons (Fsp3) is 0.550. The van der Waals surface area contributed by atoms with Crippen LogP contribution in [0.4, 0.5) is 0 Å². The van der Waals surface area contributed by atoms with E-state index in [9.17, 15) is 14.4 Å². The van der Waals surface area contributed by atoms with Gasteiger partial charge in [-0.3, -0.25) is 14.4 Å². The number of hydrogen-bond acceptors (Lipinski definition) is 6. The molecule has 1 rings (SSSR count). The lowest BCUT2D eigenvalue weighted by molar-refractivity contribution is -0.140. The van der Waals surface area contributed by atoms with Gasteiger partial charge in [0.2, 0.25) is 11.8 Å². The van der Waals surface area contributed by atoms with E-state index in [1.807, 2.05) is 30.3 Å². The minimum Gasteiger partial charge on any atom is -0.480 e. The summed E-state index contributed by atoms with van der Waals surface area (Å²) in [5.41, 5.74) is 17.0. The first-order valence-electron chi connectivity index (χ1n) is 9.41. The van der Waals surface area contributed by atoms with E-state index in [1.54, 1.807) is 27.7 Å². The summed E-state index contributed by atoms with van der Waals surface area (Å²) >= 11 is 0. The molecule has 1 aromatic carbocycles. The maximum atomic E-state index is 13.0. The van der Waals surface area contributed by atoms with Crippen LogP contribution in [0.25, 0.3) is 0 Å². The van der Waals surface area contributed by atoms with Crippen molar-refractivity contribution in [2.45, 2.75) is 69.7 Å². The molecule has 2 unspecified atom stereocenters. The average Bonchev–Trinajstić information content (AvgIpc) is 2.57. The third kappa shape index (κ3) is 8.18. The Morgan fingerprint density at radius 2 is 1.52 bits per heavy atom. The summed E-state index contributed by atoms with van der Waals surface area (Å²) in [5, 5.41) is 14.3. The average molecular weight is 408 g/mol. The van der Waals surface area contributed by atoms with E-state index in [0.717, 1.165) is 5.56 Å². The van der Waals surface area contributed by atoms with Crippen LogP contribution in [0, 0.1) is 0 Å². The second-order valence-electron chi connectivity index (χ2n) is 8.54. The summed E-state index contributed by atoms with van der Waals surface area (Å²) in [6.07, 6.45) is -0.231.